The predicted molar refractivity (Wildman–Crippen MR) is 65.6 cm³/mol. The smallest absolute Gasteiger partial charge is 0.169 e. The average molecular weight is 306 g/mol. The molecule has 0 amide bonds. The third kappa shape index (κ3) is 2.57. The van der Waals surface area contributed by atoms with Gasteiger partial charge in [-0.1, -0.05) is 23.7 Å². The molecule has 1 nitrogen and oxygen atoms in total. The molecule has 0 bridgehead atoms. The van der Waals surface area contributed by atoms with Crippen molar-refractivity contribution in [1.29, 1.82) is 0 Å². The van der Waals surface area contributed by atoms with Crippen LogP contribution in [0, 0.1) is 0 Å². The maximum atomic E-state index is 6.24. The summed E-state index contributed by atoms with van der Waals surface area (Å²) >= 11 is 15.3. The van der Waals surface area contributed by atoms with Gasteiger partial charge in [0.1, 0.15) is 11.1 Å². The van der Waals surface area contributed by atoms with Gasteiger partial charge in [0, 0.05) is 5.02 Å². The lowest BCUT2D eigenvalue weighted by molar-refractivity contribution is 0.494. The van der Waals surface area contributed by atoms with Crippen molar-refractivity contribution in [1.82, 2.24) is 0 Å². The largest absolute Gasteiger partial charge is 0.452 e. The van der Waals surface area contributed by atoms with Crippen LogP contribution in [0.2, 0.25) is 5.02 Å². The van der Waals surface area contributed by atoms with E-state index in [-0.39, 0.29) is 5.38 Å². The molecule has 78 valence electrons. The van der Waals surface area contributed by atoms with Crippen LogP contribution in [-0.4, -0.2) is 0 Å². The Morgan fingerprint density at radius 2 is 1.73 bits per heavy atom. The lowest BCUT2D eigenvalue weighted by Crippen LogP contribution is -1.90. The molecule has 2 rings (SSSR count). The topological polar surface area (TPSA) is 13.1 Å². The normalized spacial score (nSPS) is 12.7. The lowest BCUT2D eigenvalue weighted by atomic mass is 10.1. The first-order valence-corrected chi connectivity index (χ1v) is 5.92. The summed E-state index contributed by atoms with van der Waals surface area (Å²) in [5, 5.41) is 0.414. The van der Waals surface area contributed by atoms with E-state index < -0.39 is 0 Å². The van der Waals surface area contributed by atoms with Crippen molar-refractivity contribution in [2.75, 3.05) is 0 Å². The van der Waals surface area contributed by atoms with Gasteiger partial charge in [-0.05, 0) is 45.8 Å². The summed E-state index contributed by atoms with van der Waals surface area (Å²) in [5.74, 6) is 0.714. The number of halogens is 3. The second-order valence-electron chi connectivity index (χ2n) is 3.06. The molecular formula is C11H7BrCl2O. The molecular weight excluding hydrogens is 299 g/mol. The van der Waals surface area contributed by atoms with Gasteiger partial charge in [0.05, 0.1) is 0 Å². The van der Waals surface area contributed by atoms with Gasteiger partial charge < -0.3 is 4.42 Å². The molecule has 1 atom stereocenters. The van der Waals surface area contributed by atoms with E-state index in [0.717, 1.165) is 5.56 Å². The van der Waals surface area contributed by atoms with E-state index in [1.807, 2.05) is 36.4 Å². The molecule has 1 heterocycles. The fourth-order valence-electron chi connectivity index (χ4n) is 1.26. The van der Waals surface area contributed by atoms with E-state index in [9.17, 15) is 0 Å². The third-order valence-electron chi connectivity index (χ3n) is 2.01. The molecule has 1 unspecified atom stereocenters. The van der Waals surface area contributed by atoms with Crippen molar-refractivity contribution in [3.63, 3.8) is 0 Å². The molecule has 0 fully saturated rings. The van der Waals surface area contributed by atoms with Crippen LogP contribution >= 0.6 is 39.1 Å². The molecule has 0 radical (unpaired) electrons. The highest BCUT2D eigenvalue weighted by Crippen LogP contribution is 2.31. The second-order valence-corrected chi connectivity index (χ2v) is 4.71. The Hall–Kier alpha value is -0.440. The maximum Gasteiger partial charge on any atom is 0.169 e. The highest BCUT2D eigenvalue weighted by Gasteiger charge is 2.14. The fraction of sp³-hybridized carbons (Fsp3) is 0.0909. The third-order valence-corrected chi connectivity index (χ3v) is 3.15. The Bertz CT molecular complexity index is 450. The fourth-order valence-corrected chi connectivity index (χ4v) is 1.97. The van der Waals surface area contributed by atoms with Crippen molar-refractivity contribution in [3.8, 4) is 0 Å². The van der Waals surface area contributed by atoms with Crippen LogP contribution in [0.15, 0.2) is 45.5 Å². The van der Waals surface area contributed by atoms with E-state index in [0.29, 0.717) is 15.5 Å². The SMILES string of the molecule is Clc1ccc(C(Cl)c2ccc(Br)o2)cc1. The van der Waals surface area contributed by atoms with Crippen LogP contribution in [0.4, 0.5) is 0 Å². The van der Waals surface area contributed by atoms with E-state index in [2.05, 4.69) is 15.9 Å². The van der Waals surface area contributed by atoms with Crippen LogP contribution in [0.3, 0.4) is 0 Å². The first kappa shape index (κ1) is 11.1. The van der Waals surface area contributed by atoms with Gasteiger partial charge in [-0.25, -0.2) is 0 Å². The van der Waals surface area contributed by atoms with Gasteiger partial charge >= 0.3 is 0 Å². The summed E-state index contributed by atoms with van der Waals surface area (Å²) in [6.45, 7) is 0. The van der Waals surface area contributed by atoms with Crippen LogP contribution in [0.1, 0.15) is 16.7 Å². The predicted octanol–water partition coefficient (Wildman–Crippen LogP) is 5.02. The molecule has 4 heteroatoms. The Labute approximate surface area is 106 Å². The minimum absolute atomic E-state index is 0.284. The Morgan fingerprint density at radius 1 is 1.07 bits per heavy atom. The van der Waals surface area contributed by atoms with Crippen molar-refractivity contribution in [3.05, 3.63) is 57.4 Å². The first-order chi connectivity index (χ1) is 7.16. The summed E-state index contributed by atoms with van der Waals surface area (Å²) in [6, 6.07) is 11.1. The van der Waals surface area contributed by atoms with E-state index in [1.165, 1.54) is 0 Å². The molecule has 1 aromatic heterocycles. The minimum Gasteiger partial charge on any atom is -0.452 e. The summed E-state index contributed by atoms with van der Waals surface area (Å²) in [6.07, 6.45) is 0. The van der Waals surface area contributed by atoms with Gasteiger partial charge in [-0.15, -0.1) is 11.6 Å². The summed E-state index contributed by atoms with van der Waals surface area (Å²) in [4.78, 5) is 0. The Balaban J connectivity index is 2.28. The number of hydrogen-bond donors (Lipinski definition) is 0. The zero-order chi connectivity index (χ0) is 10.8. The monoisotopic (exact) mass is 304 g/mol. The summed E-state index contributed by atoms with van der Waals surface area (Å²) in [5.41, 5.74) is 0.961. The van der Waals surface area contributed by atoms with Crippen molar-refractivity contribution >= 4 is 39.1 Å². The zero-order valence-electron chi connectivity index (χ0n) is 7.58. The number of benzene rings is 1. The standard InChI is InChI=1S/C11H7BrCl2O/c12-10-6-5-9(15-10)11(14)7-1-3-8(13)4-2-7/h1-6,11H. The van der Waals surface area contributed by atoms with Gasteiger partial charge in [-0.3, -0.25) is 0 Å². The minimum atomic E-state index is -0.284. The number of furan rings is 1. The van der Waals surface area contributed by atoms with Crippen LogP contribution in [0.25, 0.3) is 0 Å². The molecule has 2 aromatic rings. The summed E-state index contributed by atoms with van der Waals surface area (Å²) < 4.78 is 6.06. The average Bonchev–Trinajstić information content (AvgIpc) is 2.65. The van der Waals surface area contributed by atoms with Gasteiger partial charge in [0.15, 0.2) is 4.67 Å². The van der Waals surface area contributed by atoms with Crippen LogP contribution in [-0.2, 0) is 0 Å². The van der Waals surface area contributed by atoms with Crippen LogP contribution in [0.5, 0.6) is 0 Å². The van der Waals surface area contributed by atoms with E-state index in [4.69, 9.17) is 27.6 Å². The second kappa shape index (κ2) is 4.60. The molecule has 0 aliphatic heterocycles. The lowest BCUT2D eigenvalue weighted by Gasteiger charge is -2.06. The highest BCUT2D eigenvalue weighted by atomic mass is 79.9. The maximum absolute atomic E-state index is 6.24. The van der Waals surface area contributed by atoms with Crippen molar-refractivity contribution < 1.29 is 4.42 Å². The van der Waals surface area contributed by atoms with E-state index in [1.54, 1.807) is 0 Å². The highest BCUT2D eigenvalue weighted by molar-refractivity contribution is 9.10. The molecule has 0 aliphatic rings. The molecule has 1 aromatic carbocycles. The van der Waals surface area contributed by atoms with Gasteiger partial charge in [0.25, 0.3) is 0 Å². The quantitative estimate of drug-likeness (QED) is 0.710. The van der Waals surface area contributed by atoms with E-state index >= 15 is 0 Å². The molecule has 0 aliphatic carbocycles. The summed E-state index contributed by atoms with van der Waals surface area (Å²) in [7, 11) is 0. The molecule has 0 N–H and O–H groups in total. The van der Waals surface area contributed by atoms with Gasteiger partial charge in [-0.2, -0.15) is 0 Å². The first-order valence-electron chi connectivity index (χ1n) is 4.31. The molecule has 0 saturated carbocycles. The number of rotatable bonds is 2. The van der Waals surface area contributed by atoms with Crippen molar-refractivity contribution in [2.45, 2.75) is 5.38 Å². The number of hydrogen-bond acceptors (Lipinski definition) is 1. The number of alkyl halides is 1. The van der Waals surface area contributed by atoms with Crippen LogP contribution < -0.4 is 0 Å². The van der Waals surface area contributed by atoms with Gasteiger partial charge in [0.2, 0.25) is 0 Å². The molecule has 15 heavy (non-hydrogen) atoms. The Kier molecular flexibility index (Phi) is 3.39. The Morgan fingerprint density at radius 3 is 2.27 bits per heavy atom. The molecule has 0 spiro atoms. The zero-order valence-corrected chi connectivity index (χ0v) is 10.7. The van der Waals surface area contributed by atoms with Crippen molar-refractivity contribution in [2.24, 2.45) is 0 Å². The molecule has 0 saturated heterocycles.